The molecular weight excluding hydrogens is 332 g/mol. The molecule has 0 heterocycles. The quantitative estimate of drug-likeness (QED) is 0.768. The predicted molar refractivity (Wildman–Crippen MR) is 88.0 cm³/mol. The average Bonchev–Trinajstić information content (AvgIpc) is 2.60. The largest absolute Gasteiger partial charge is 0.468 e. The maximum absolute atomic E-state index is 12.4. The van der Waals surface area contributed by atoms with Gasteiger partial charge in [0.2, 0.25) is 0 Å². The van der Waals surface area contributed by atoms with Gasteiger partial charge in [-0.05, 0) is 30.3 Å². The van der Waals surface area contributed by atoms with E-state index < -0.39 is 21.9 Å². The van der Waals surface area contributed by atoms with Crippen molar-refractivity contribution in [1.29, 1.82) is 0 Å². The number of para-hydroxylation sites is 1. The SMILES string of the molecule is COC(=O)CNC(=O)c1cccc(S(=O)(=O)Nc2ccccc2)c1. The highest BCUT2D eigenvalue weighted by molar-refractivity contribution is 7.92. The Kier molecular flexibility index (Phi) is 5.54. The Bertz CT molecular complexity index is 835. The summed E-state index contributed by atoms with van der Waals surface area (Å²) in [5, 5.41) is 2.35. The first-order valence-corrected chi connectivity index (χ1v) is 8.43. The third-order valence-electron chi connectivity index (χ3n) is 3.05. The lowest BCUT2D eigenvalue weighted by atomic mass is 10.2. The van der Waals surface area contributed by atoms with E-state index in [1.165, 1.54) is 31.4 Å². The Morgan fingerprint density at radius 1 is 1.04 bits per heavy atom. The number of benzene rings is 2. The summed E-state index contributed by atoms with van der Waals surface area (Å²) in [5.74, 6) is -1.17. The third-order valence-corrected chi connectivity index (χ3v) is 4.43. The number of esters is 1. The van der Waals surface area contributed by atoms with Gasteiger partial charge < -0.3 is 10.1 Å². The van der Waals surface area contributed by atoms with Gasteiger partial charge >= 0.3 is 5.97 Å². The highest BCUT2D eigenvalue weighted by Gasteiger charge is 2.16. The Balaban J connectivity index is 2.17. The van der Waals surface area contributed by atoms with Gasteiger partial charge in [0.25, 0.3) is 15.9 Å². The molecule has 2 N–H and O–H groups in total. The Hall–Kier alpha value is -2.87. The predicted octanol–water partition coefficient (Wildman–Crippen LogP) is 1.39. The normalized spacial score (nSPS) is 10.7. The Morgan fingerprint density at radius 3 is 2.42 bits per heavy atom. The molecular formula is C16H16N2O5S. The molecule has 0 radical (unpaired) electrons. The maximum Gasteiger partial charge on any atom is 0.325 e. The summed E-state index contributed by atoms with van der Waals surface area (Å²) in [6, 6.07) is 13.9. The van der Waals surface area contributed by atoms with Crippen molar-refractivity contribution >= 4 is 27.6 Å². The lowest BCUT2D eigenvalue weighted by molar-refractivity contribution is -0.139. The molecule has 0 saturated carbocycles. The van der Waals surface area contributed by atoms with Crippen LogP contribution in [0.15, 0.2) is 59.5 Å². The van der Waals surface area contributed by atoms with E-state index in [0.29, 0.717) is 5.69 Å². The highest BCUT2D eigenvalue weighted by Crippen LogP contribution is 2.16. The molecule has 8 heteroatoms. The first kappa shape index (κ1) is 17.5. The molecule has 0 bridgehead atoms. The molecule has 0 aliphatic heterocycles. The van der Waals surface area contributed by atoms with Crippen LogP contribution in [0.25, 0.3) is 0 Å². The number of hydrogen-bond donors (Lipinski definition) is 2. The first-order chi connectivity index (χ1) is 11.4. The molecule has 0 aliphatic rings. The minimum absolute atomic E-state index is 0.0583. The van der Waals surface area contributed by atoms with E-state index in [1.54, 1.807) is 30.3 Å². The van der Waals surface area contributed by atoms with Gasteiger partial charge in [-0.1, -0.05) is 24.3 Å². The van der Waals surface area contributed by atoms with E-state index in [4.69, 9.17) is 0 Å². The van der Waals surface area contributed by atoms with Gasteiger partial charge in [-0.25, -0.2) is 8.42 Å². The van der Waals surface area contributed by atoms with Crippen molar-refractivity contribution in [3.05, 3.63) is 60.2 Å². The summed E-state index contributed by atoms with van der Waals surface area (Å²) in [7, 11) is -2.62. The lowest BCUT2D eigenvalue weighted by Gasteiger charge is -2.09. The summed E-state index contributed by atoms with van der Waals surface area (Å²) in [6.45, 7) is -0.297. The molecule has 0 aromatic heterocycles. The molecule has 0 unspecified atom stereocenters. The number of sulfonamides is 1. The number of amides is 1. The molecule has 2 aromatic rings. The molecule has 2 rings (SSSR count). The monoisotopic (exact) mass is 348 g/mol. The van der Waals surface area contributed by atoms with Crippen LogP contribution < -0.4 is 10.0 Å². The third kappa shape index (κ3) is 4.56. The molecule has 2 aromatic carbocycles. The van der Waals surface area contributed by atoms with Crippen LogP contribution in [0.3, 0.4) is 0 Å². The van der Waals surface area contributed by atoms with Crippen LogP contribution in [0.1, 0.15) is 10.4 Å². The van der Waals surface area contributed by atoms with Gasteiger partial charge in [0.1, 0.15) is 6.54 Å². The molecule has 0 aliphatic carbocycles. The van der Waals surface area contributed by atoms with E-state index in [2.05, 4.69) is 14.8 Å². The fourth-order valence-corrected chi connectivity index (χ4v) is 2.96. The molecule has 0 spiro atoms. The van der Waals surface area contributed by atoms with E-state index in [9.17, 15) is 18.0 Å². The molecule has 0 fully saturated rings. The number of nitrogens with one attached hydrogen (secondary N) is 2. The summed E-state index contributed by atoms with van der Waals surface area (Å²) < 4.78 is 31.6. The average molecular weight is 348 g/mol. The van der Waals surface area contributed by atoms with Crippen LogP contribution in [-0.4, -0.2) is 33.9 Å². The summed E-state index contributed by atoms with van der Waals surface area (Å²) in [4.78, 5) is 22.9. The second-order valence-electron chi connectivity index (χ2n) is 4.76. The standard InChI is InChI=1S/C16H16N2O5S/c1-23-15(19)11-17-16(20)12-6-5-9-14(10-12)24(21,22)18-13-7-3-2-4-8-13/h2-10,18H,11H2,1H3,(H,17,20). The fourth-order valence-electron chi connectivity index (χ4n) is 1.85. The minimum Gasteiger partial charge on any atom is -0.468 e. The number of carbonyl (C=O) groups excluding carboxylic acids is 2. The van der Waals surface area contributed by atoms with E-state index >= 15 is 0 Å². The van der Waals surface area contributed by atoms with Gasteiger partial charge in [0.15, 0.2) is 0 Å². The first-order valence-electron chi connectivity index (χ1n) is 6.95. The van der Waals surface area contributed by atoms with E-state index in [1.807, 2.05) is 0 Å². The maximum atomic E-state index is 12.4. The molecule has 24 heavy (non-hydrogen) atoms. The van der Waals surface area contributed by atoms with Crippen LogP contribution in [0, 0.1) is 0 Å². The van der Waals surface area contributed by atoms with Crippen LogP contribution in [0.4, 0.5) is 5.69 Å². The molecule has 126 valence electrons. The van der Waals surface area contributed by atoms with Crippen molar-refractivity contribution in [3.63, 3.8) is 0 Å². The van der Waals surface area contributed by atoms with Crippen molar-refractivity contribution in [1.82, 2.24) is 5.32 Å². The van der Waals surface area contributed by atoms with Gasteiger partial charge in [0, 0.05) is 11.3 Å². The number of rotatable bonds is 6. The number of hydrogen-bond acceptors (Lipinski definition) is 5. The van der Waals surface area contributed by atoms with Crippen LogP contribution in [0.2, 0.25) is 0 Å². The lowest BCUT2D eigenvalue weighted by Crippen LogP contribution is -2.30. The summed E-state index contributed by atoms with van der Waals surface area (Å²) >= 11 is 0. The number of methoxy groups -OCH3 is 1. The van der Waals surface area contributed by atoms with E-state index in [0.717, 1.165) is 0 Å². The summed E-state index contributed by atoms with van der Waals surface area (Å²) in [6.07, 6.45) is 0. The topological polar surface area (TPSA) is 102 Å². The molecule has 1 amide bonds. The number of anilines is 1. The van der Waals surface area contributed by atoms with Crippen molar-refractivity contribution < 1.29 is 22.7 Å². The summed E-state index contributed by atoms with van der Waals surface area (Å²) in [5.41, 5.74) is 0.535. The highest BCUT2D eigenvalue weighted by atomic mass is 32.2. The minimum atomic E-state index is -3.83. The smallest absolute Gasteiger partial charge is 0.325 e. The zero-order valence-electron chi connectivity index (χ0n) is 12.9. The second-order valence-corrected chi connectivity index (χ2v) is 6.44. The zero-order chi connectivity index (χ0) is 17.6. The van der Waals surface area contributed by atoms with Crippen molar-refractivity contribution in [2.45, 2.75) is 4.90 Å². The molecule has 0 atom stereocenters. The Labute approximate surface area is 139 Å². The van der Waals surface area contributed by atoms with Gasteiger partial charge in [-0.15, -0.1) is 0 Å². The molecule has 7 nitrogen and oxygen atoms in total. The molecule has 0 saturated heterocycles. The fraction of sp³-hybridized carbons (Fsp3) is 0.125. The van der Waals surface area contributed by atoms with Crippen molar-refractivity contribution in [2.75, 3.05) is 18.4 Å². The van der Waals surface area contributed by atoms with Crippen LogP contribution >= 0.6 is 0 Å². The van der Waals surface area contributed by atoms with E-state index in [-0.39, 0.29) is 17.0 Å². The van der Waals surface area contributed by atoms with Crippen molar-refractivity contribution in [2.24, 2.45) is 0 Å². The number of carbonyl (C=O) groups is 2. The van der Waals surface area contributed by atoms with Crippen molar-refractivity contribution in [3.8, 4) is 0 Å². The van der Waals surface area contributed by atoms with Gasteiger partial charge in [-0.2, -0.15) is 0 Å². The Morgan fingerprint density at radius 2 is 1.75 bits per heavy atom. The van der Waals surface area contributed by atoms with Crippen LogP contribution in [0.5, 0.6) is 0 Å². The van der Waals surface area contributed by atoms with Gasteiger partial charge in [-0.3, -0.25) is 14.3 Å². The second kappa shape index (κ2) is 7.60. The zero-order valence-corrected chi connectivity index (χ0v) is 13.7. The number of ether oxygens (including phenoxy) is 1. The van der Waals surface area contributed by atoms with Crippen LogP contribution in [-0.2, 0) is 19.6 Å². The van der Waals surface area contributed by atoms with Gasteiger partial charge in [0.05, 0.1) is 12.0 Å².